The molecule has 1 N–H and O–H groups in total. The summed E-state index contributed by atoms with van der Waals surface area (Å²) in [6, 6.07) is 9.50. The number of urea groups is 1. The van der Waals surface area contributed by atoms with Gasteiger partial charge in [-0.2, -0.15) is 0 Å². The number of nitrogens with zero attached hydrogens (tertiary/aromatic N) is 1. The van der Waals surface area contributed by atoms with E-state index in [1.165, 1.54) is 0 Å². The third kappa shape index (κ3) is 2.85. The van der Waals surface area contributed by atoms with Crippen LogP contribution >= 0.6 is 27.5 Å². The Hall–Kier alpha value is -2.51. The molecule has 2 aromatic rings. The fourth-order valence-electron chi connectivity index (χ4n) is 2.58. The van der Waals surface area contributed by atoms with E-state index in [1.807, 2.05) is 0 Å². The Morgan fingerprint density at radius 3 is 2.68 bits per heavy atom. The maximum absolute atomic E-state index is 12.6. The minimum atomic E-state index is -0.532. The number of nitrogens with one attached hydrogen (secondary N) is 1. The molecule has 4 rings (SSSR count). The SMILES string of the molecule is O=C1N/C(=C\c2cc3c(cc2Br)OCO3)C(=O)N1c1cccc(Cl)c1. The highest BCUT2D eigenvalue weighted by molar-refractivity contribution is 9.10. The molecule has 0 saturated carbocycles. The predicted molar refractivity (Wildman–Crippen MR) is 95.7 cm³/mol. The lowest BCUT2D eigenvalue weighted by Crippen LogP contribution is -2.30. The summed E-state index contributed by atoms with van der Waals surface area (Å²) in [7, 11) is 0. The summed E-state index contributed by atoms with van der Waals surface area (Å²) in [5.41, 5.74) is 1.24. The van der Waals surface area contributed by atoms with Crippen LogP contribution in [0.5, 0.6) is 11.5 Å². The molecule has 0 unspecified atom stereocenters. The lowest BCUT2D eigenvalue weighted by atomic mass is 10.1. The van der Waals surface area contributed by atoms with Gasteiger partial charge in [-0.15, -0.1) is 0 Å². The number of benzene rings is 2. The van der Waals surface area contributed by atoms with E-state index in [1.54, 1.807) is 42.5 Å². The first-order valence-corrected chi connectivity index (χ1v) is 8.42. The zero-order chi connectivity index (χ0) is 17.6. The van der Waals surface area contributed by atoms with Crippen LogP contribution in [0.25, 0.3) is 6.08 Å². The van der Waals surface area contributed by atoms with Crippen molar-refractivity contribution in [2.75, 3.05) is 11.7 Å². The molecule has 0 bridgehead atoms. The molecule has 2 heterocycles. The second-order valence-electron chi connectivity index (χ2n) is 5.34. The predicted octanol–water partition coefficient (Wildman–Crippen LogP) is 3.93. The van der Waals surface area contributed by atoms with Gasteiger partial charge in [0, 0.05) is 9.50 Å². The van der Waals surface area contributed by atoms with Gasteiger partial charge in [0.05, 0.1) is 5.69 Å². The van der Waals surface area contributed by atoms with Crippen LogP contribution in [0.15, 0.2) is 46.6 Å². The number of amides is 3. The minimum absolute atomic E-state index is 0.153. The van der Waals surface area contributed by atoms with Gasteiger partial charge in [0.2, 0.25) is 6.79 Å². The van der Waals surface area contributed by atoms with Crippen molar-refractivity contribution in [3.63, 3.8) is 0 Å². The highest BCUT2D eigenvalue weighted by Crippen LogP contribution is 2.38. The van der Waals surface area contributed by atoms with Crippen LogP contribution in [0.1, 0.15) is 5.56 Å². The second-order valence-corrected chi connectivity index (χ2v) is 6.63. The van der Waals surface area contributed by atoms with Crippen LogP contribution in [0, 0.1) is 0 Å². The number of anilines is 1. The molecule has 8 heteroatoms. The quantitative estimate of drug-likeness (QED) is 0.589. The monoisotopic (exact) mass is 420 g/mol. The van der Waals surface area contributed by atoms with E-state index < -0.39 is 11.9 Å². The summed E-state index contributed by atoms with van der Waals surface area (Å²) in [5.74, 6) is 0.742. The zero-order valence-corrected chi connectivity index (χ0v) is 14.9. The molecule has 1 fully saturated rings. The van der Waals surface area contributed by atoms with E-state index in [0.29, 0.717) is 32.2 Å². The Bertz CT molecular complexity index is 944. The van der Waals surface area contributed by atoms with Crippen molar-refractivity contribution in [1.29, 1.82) is 0 Å². The minimum Gasteiger partial charge on any atom is -0.454 e. The lowest BCUT2D eigenvalue weighted by molar-refractivity contribution is -0.113. The van der Waals surface area contributed by atoms with Gasteiger partial charge in [-0.25, -0.2) is 9.69 Å². The van der Waals surface area contributed by atoms with Gasteiger partial charge >= 0.3 is 6.03 Å². The van der Waals surface area contributed by atoms with E-state index in [9.17, 15) is 9.59 Å². The topological polar surface area (TPSA) is 67.9 Å². The molecular formula is C17H10BrClN2O4. The van der Waals surface area contributed by atoms with Crippen LogP contribution in [0.4, 0.5) is 10.5 Å². The molecule has 126 valence electrons. The Labute approximate surface area is 156 Å². The summed E-state index contributed by atoms with van der Waals surface area (Å²) in [6.07, 6.45) is 1.58. The largest absolute Gasteiger partial charge is 0.454 e. The number of carbonyl (C=O) groups is 2. The molecule has 1 saturated heterocycles. The Morgan fingerprint density at radius 1 is 1.16 bits per heavy atom. The first-order chi connectivity index (χ1) is 12.0. The second kappa shape index (κ2) is 6.09. The van der Waals surface area contributed by atoms with Gasteiger partial charge in [-0.3, -0.25) is 4.79 Å². The van der Waals surface area contributed by atoms with Crippen LogP contribution in [0.3, 0.4) is 0 Å². The van der Waals surface area contributed by atoms with Gasteiger partial charge in [0.1, 0.15) is 5.70 Å². The summed E-state index contributed by atoms with van der Waals surface area (Å²) in [4.78, 5) is 25.9. The fourth-order valence-corrected chi connectivity index (χ4v) is 3.21. The fraction of sp³-hybridized carbons (Fsp3) is 0.0588. The summed E-state index contributed by atoms with van der Waals surface area (Å²) in [6.45, 7) is 0.153. The smallest absolute Gasteiger partial charge is 0.333 e. The van der Waals surface area contributed by atoms with Gasteiger partial charge in [0.25, 0.3) is 5.91 Å². The van der Waals surface area contributed by atoms with Gasteiger partial charge in [-0.05, 0) is 42.0 Å². The third-order valence-corrected chi connectivity index (χ3v) is 4.66. The van der Waals surface area contributed by atoms with E-state index in [0.717, 1.165) is 4.90 Å². The standard InChI is InChI=1S/C17H10BrClN2O4/c18-12-7-15-14(24-8-25-15)5-9(12)4-13-16(22)21(17(23)20-13)11-3-1-2-10(19)6-11/h1-7H,8H2,(H,20,23)/b13-4-. The van der Waals surface area contributed by atoms with E-state index in [4.69, 9.17) is 21.1 Å². The molecular weight excluding hydrogens is 412 g/mol. The Morgan fingerprint density at radius 2 is 1.92 bits per heavy atom. The summed E-state index contributed by atoms with van der Waals surface area (Å²) >= 11 is 9.37. The maximum Gasteiger partial charge on any atom is 0.333 e. The highest BCUT2D eigenvalue weighted by atomic mass is 79.9. The normalized spacial score (nSPS) is 17.4. The molecule has 0 atom stereocenters. The van der Waals surface area contributed by atoms with Crippen LogP contribution in [0.2, 0.25) is 5.02 Å². The average molecular weight is 422 g/mol. The van der Waals surface area contributed by atoms with Crippen LogP contribution in [-0.4, -0.2) is 18.7 Å². The number of hydrogen-bond acceptors (Lipinski definition) is 4. The van der Waals surface area contributed by atoms with Crippen LogP contribution < -0.4 is 19.7 Å². The number of hydrogen-bond donors (Lipinski definition) is 1. The van der Waals surface area contributed by atoms with Gasteiger partial charge in [-0.1, -0.05) is 33.6 Å². The third-order valence-electron chi connectivity index (χ3n) is 3.74. The van der Waals surface area contributed by atoms with Crippen molar-refractivity contribution in [2.45, 2.75) is 0 Å². The van der Waals surface area contributed by atoms with Crippen molar-refractivity contribution >= 4 is 51.2 Å². The van der Waals surface area contributed by atoms with E-state index in [2.05, 4.69) is 21.2 Å². The summed E-state index contributed by atoms with van der Waals surface area (Å²) < 4.78 is 11.4. The molecule has 2 aromatic carbocycles. The molecule has 0 aromatic heterocycles. The molecule has 0 aliphatic carbocycles. The number of carbonyl (C=O) groups excluding carboxylic acids is 2. The van der Waals surface area contributed by atoms with E-state index >= 15 is 0 Å². The number of rotatable bonds is 2. The molecule has 0 spiro atoms. The Balaban J connectivity index is 1.69. The number of ether oxygens (including phenoxy) is 2. The van der Waals surface area contributed by atoms with Crippen LogP contribution in [-0.2, 0) is 4.79 Å². The number of halogens is 2. The van der Waals surface area contributed by atoms with Crippen molar-refractivity contribution in [3.8, 4) is 11.5 Å². The first-order valence-electron chi connectivity index (χ1n) is 7.25. The highest BCUT2D eigenvalue weighted by Gasteiger charge is 2.35. The van der Waals surface area contributed by atoms with Crippen molar-refractivity contribution in [1.82, 2.24) is 5.32 Å². The molecule has 0 radical (unpaired) electrons. The van der Waals surface area contributed by atoms with E-state index in [-0.39, 0.29) is 12.5 Å². The van der Waals surface area contributed by atoms with Crippen molar-refractivity contribution in [2.24, 2.45) is 0 Å². The summed E-state index contributed by atoms with van der Waals surface area (Å²) in [5, 5.41) is 3.02. The molecule has 2 aliphatic rings. The van der Waals surface area contributed by atoms with Crippen molar-refractivity contribution in [3.05, 3.63) is 57.2 Å². The zero-order valence-electron chi connectivity index (χ0n) is 12.6. The van der Waals surface area contributed by atoms with Gasteiger partial charge < -0.3 is 14.8 Å². The molecule has 25 heavy (non-hydrogen) atoms. The average Bonchev–Trinajstić information content (AvgIpc) is 3.12. The van der Waals surface area contributed by atoms with Crippen molar-refractivity contribution < 1.29 is 19.1 Å². The molecule has 2 aliphatic heterocycles. The lowest BCUT2D eigenvalue weighted by Gasteiger charge is -2.11. The molecule has 3 amide bonds. The first kappa shape index (κ1) is 16.0. The Kier molecular flexibility index (Phi) is 3.89. The van der Waals surface area contributed by atoms with Gasteiger partial charge in [0.15, 0.2) is 11.5 Å². The maximum atomic E-state index is 12.6. The molecule has 6 nitrogen and oxygen atoms in total. The number of fused-ring (bicyclic) bond motifs is 1. The number of imide groups is 1.